The molecule has 6 heteroatoms. The Kier molecular flexibility index (Phi) is 1.92. The number of hydrogen-bond acceptors (Lipinski definition) is 6. The molecule has 0 aliphatic carbocycles. The molecule has 0 radical (unpaired) electrons. The minimum absolute atomic E-state index is 0.123. The predicted molar refractivity (Wildman–Crippen MR) is 57.0 cm³/mol. The Labute approximate surface area is 91.4 Å². The predicted octanol–water partition coefficient (Wildman–Crippen LogP) is 1.20. The monoisotopic (exact) mass is 218 g/mol. The second-order valence-electron chi connectivity index (χ2n) is 3.47. The highest BCUT2D eigenvalue weighted by Gasteiger charge is 2.25. The van der Waals surface area contributed by atoms with E-state index in [1.165, 1.54) is 0 Å². The van der Waals surface area contributed by atoms with Crippen LogP contribution in [0.5, 0.6) is 5.75 Å². The summed E-state index contributed by atoms with van der Waals surface area (Å²) >= 11 is 0. The summed E-state index contributed by atoms with van der Waals surface area (Å²) in [6, 6.07) is 7.69. The fraction of sp³-hybridized carbons (Fsp3) is 0.200. The number of ether oxygens (including phenoxy) is 1. The standard InChI is InChI=1S/C10H10N4O2/c11-10-13-9(16-14-10)8-5-12-6-3-1-2-4-7(6)15-8/h1-4,8,12H,5H2,(H2,11,14). The normalized spacial score (nSPS) is 18.4. The third kappa shape index (κ3) is 1.44. The second-order valence-corrected chi connectivity index (χ2v) is 3.47. The number of benzene rings is 1. The van der Waals surface area contributed by atoms with E-state index in [1.807, 2.05) is 24.3 Å². The van der Waals surface area contributed by atoms with Gasteiger partial charge in [0.05, 0.1) is 12.2 Å². The van der Waals surface area contributed by atoms with Gasteiger partial charge in [-0.25, -0.2) is 0 Å². The quantitative estimate of drug-likeness (QED) is 0.747. The SMILES string of the molecule is Nc1noc(C2CNc3ccccc3O2)n1. The van der Waals surface area contributed by atoms with Crippen LogP contribution in [0.3, 0.4) is 0 Å². The smallest absolute Gasteiger partial charge is 0.271 e. The zero-order valence-corrected chi connectivity index (χ0v) is 8.38. The number of anilines is 2. The third-order valence-corrected chi connectivity index (χ3v) is 2.37. The van der Waals surface area contributed by atoms with Crippen molar-refractivity contribution in [3.05, 3.63) is 30.2 Å². The van der Waals surface area contributed by atoms with Crippen LogP contribution in [0.2, 0.25) is 0 Å². The molecule has 6 nitrogen and oxygen atoms in total. The molecule has 82 valence electrons. The van der Waals surface area contributed by atoms with Gasteiger partial charge in [0.1, 0.15) is 5.75 Å². The van der Waals surface area contributed by atoms with E-state index in [2.05, 4.69) is 15.5 Å². The van der Waals surface area contributed by atoms with E-state index < -0.39 is 0 Å². The first-order valence-electron chi connectivity index (χ1n) is 4.91. The van der Waals surface area contributed by atoms with Crippen molar-refractivity contribution >= 4 is 11.6 Å². The average Bonchev–Trinajstić information content (AvgIpc) is 2.75. The van der Waals surface area contributed by atoms with Gasteiger partial charge in [-0.15, -0.1) is 0 Å². The van der Waals surface area contributed by atoms with Crippen LogP contribution in [-0.2, 0) is 0 Å². The van der Waals surface area contributed by atoms with Gasteiger partial charge in [0.15, 0.2) is 6.10 Å². The number of hydrogen-bond donors (Lipinski definition) is 2. The van der Waals surface area contributed by atoms with Crippen LogP contribution in [0, 0.1) is 0 Å². The molecule has 0 fully saturated rings. The molecule has 0 spiro atoms. The van der Waals surface area contributed by atoms with Gasteiger partial charge < -0.3 is 20.3 Å². The van der Waals surface area contributed by atoms with Gasteiger partial charge in [0.25, 0.3) is 11.8 Å². The van der Waals surface area contributed by atoms with Gasteiger partial charge in [-0.05, 0) is 17.3 Å². The van der Waals surface area contributed by atoms with Crippen molar-refractivity contribution in [1.29, 1.82) is 0 Å². The van der Waals surface area contributed by atoms with Crippen LogP contribution in [-0.4, -0.2) is 16.7 Å². The first-order valence-corrected chi connectivity index (χ1v) is 4.91. The molecule has 2 aromatic rings. The lowest BCUT2D eigenvalue weighted by atomic mass is 10.2. The van der Waals surface area contributed by atoms with E-state index >= 15 is 0 Å². The Morgan fingerprint density at radius 3 is 3.06 bits per heavy atom. The van der Waals surface area contributed by atoms with Crippen LogP contribution in [0.15, 0.2) is 28.8 Å². The lowest BCUT2D eigenvalue weighted by molar-refractivity contribution is 0.163. The van der Waals surface area contributed by atoms with Gasteiger partial charge in [-0.3, -0.25) is 0 Å². The fourth-order valence-electron chi connectivity index (χ4n) is 1.63. The zero-order chi connectivity index (χ0) is 11.0. The maximum absolute atomic E-state index is 5.72. The fourth-order valence-corrected chi connectivity index (χ4v) is 1.63. The average molecular weight is 218 g/mol. The van der Waals surface area contributed by atoms with Crippen molar-refractivity contribution in [3.8, 4) is 5.75 Å². The van der Waals surface area contributed by atoms with Crippen LogP contribution in [0.4, 0.5) is 11.6 Å². The third-order valence-electron chi connectivity index (χ3n) is 2.37. The molecule has 3 N–H and O–H groups in total. The first kappa shape index (κ1) is 9.02. The van der Waals surface area contributed by atoms with Crippen molar-refractivity contribution in [2.24, 2.45) is 0 Å². The number of fused-ring (bicyclic) bond motifs is 1. The summed E-state index contributed by atoms with van der Waals surface area (Å²) in [4.78, 5) is 3.94. The summed E-state index contributed by atoms with van der Waals surface area (Å²) in [5, 5.41) is 6.76. The molecule has 1 aromatic heterocycles. The van der Waals surface area contributed by atoms with Crippen LogP contribution < -0.4 is 15.8 Å². The van der Waals surface area contributed by atoms with Crippen LogP contribution in [0.25, 0.3) is 0 Å². The van der Waals surface area contributed by atoms with E-state index in [0.717, 1.165) is 11.4 Å². The molecule has 0 saturated carbocycles. The van der Waals surface area contributed by atoms with Gasteiger partial charge in [0, 0.05) is 0 Å². The van der Waals surface area contributed by atoms with E-state index in [4.69, 9.17) is 15.0 Å². The molecule has 0 bridgehead atoms. The molecule has 1 aromatic carbocycles. The summed E-state index contributed by atoms with van der Waals surface area (Å²) in [7, 11) is 0. The van der Waals surface area contributed by atoms with E-state index in [1.54, 1.807) is 0 Å². The van der Waals surface area contributed by atoms with Gasteiger partial charge in [-0.2, -0.15) is 4.98 Å². The Morgan fingerprint density at radius 1 is 1.38 bits per heavy atom. The van der Waals surface area contributed by atoms with Crippen LogP contribution in [0.1, 0.15) is 12.0 Å². The molecule has 3 rings (SSSR count). The van der Waals surface area contributed by atoms with Crippen molar-refractivity contribution in [1.82, 2.24) is 10.1 Å². The minimum Gasteiger partial charge on any atom is -0.477 e. The molecule has 1 aliphatic rings. The number of rotatable bonds is 1. The van der Waals surface area contributed by atoms with Gasteiger partial charge >= 0.3 is 0 Å². The zero-order valence-electron chi connectivity index (χ0n) is 8.38. The second kappa shape index (κ2) is 3.41. The number of nitrogens with two attached hydrogens (primary N) is 1. The number of para-hydroxylation sites is 2. The molecule has 1 unspecified atom stereocenters. The summed E-state index contributed by atoms with van der Waals surface area (Å²) < 4.78 is 10.7. The Balaban J connectivity index is 1.88. The number of nitrogens with zero attached hydrogens (tertiary/aromatic N) is 2. The summed E-state index contributed by atoms with van der Waals surface area (Å²) in [6.07, 6.45) is -0.292. The Morgan fingerprint density at radius 2 is 2.25 bits per heavy atom. The Bertz CT molecular complexity index is 511. The van der Waals surface area contributed by atoms with Crippen LogP contribution >= 0.6 is 0 Å². The topological polar surface area (TPSA) is 86.2 Å². The molecule has 2 heterocycles. The lowest BCUT2D eigenvalue weighted by Crippen LogP contribution is -2.23. The van der Waals surface area contributed by atoms with Gasteiger partial charge in [-0.1, -0.05) is 12.1 Å². The minimum atomic E-state index is -0.292. The number of nitrogen functional groups attached to an aromatic ring is 1. The highest BCUT2D eigenvalue weighted by Crippen LogP contribution is 2.33. The summed E-state index contributed by atoms with van der Waals surface area (Å²) in [6.45, 7) is 0.582. The maximum Gasteiger partial charge on any atom is 0.271 e. The first-order chi connectivity index (χ1) is 7.83. The maximum atomic E-state index is 5.72. The molecule has 0 amide bonds. The van der Waals surface area contributed by atoms with E-state index in [9.17, 15) is 0 Å². The van der Waals surface area contributed by atoms with Gasteiger partial charge in [0.2, 0.25) is 0 Å². The van der Waals surface area contributed by atoms with E-state index in [0.29, 0.717) is 12.4 Å². The highest BCUT2D eigenvalue weighted by molar-refractivity contribution is 5.57. The highest BCUT2D eigenvalue weighted by atomic mass is 16.5. The Hall–Kier alpha value is -2.24. The molecule has 16 heavy (non-hydrogen) atoms. The summed E-state index contributed by atoms with van der Waals surface area (Å²) in [5.74, 6) is 1.28. The largest absolute Gasteiger partial charge is 0.477 e. The van der Waals surface area contributed by atoms with Crippen molar-refractivity contribution in [2.75, 3.05) is 17.6 Å². The molecule has 1 atom stereocenters. The van der Waals surface area contributed by atoms with Crippen molar-refractivity contribution in [3.63, 3.8) is 0 Å². The van der Waals surface area contributed by atoms with Crippen molar-refractivity contribution in [2.45, 2.75) is 6.10 Å². The molecule has 1 aliphatic heterocycles. The number of aromatic nitrogens is 2. The molecular formula is C10H10N4O2. The molecule has 0 saturated heterocycles. The van der Waals surface area contributed by atoms with Crippen molar-refractivity contribution < 1.29 is 9.26 Å². The summed E-state index contributed by atoms with van der Waals surface area (Å²) in [5.41, 5.74) is 6.35. The lowest BCUT2D eigenvalue weighted by Gasteiger charge is -2.24. The molecular weight excluding hydrogens is 208 g/mol. The number of nitrogens with one attached hydrogen (secondary N) is 1. The van der Waals surface area contributed by atoms with E-state index in [-0.39, 0.29) is 12.1 Å².